The van der Waals surface area contributed by atoms with Gasteiger partial charge in [-0.2, -0.15) is 0 Å². The van der Waals surface area contributed by atoms with Crippen molar-refractivity contribution in [2.24, 2.45) is 11.7 Å². The summed E-state index contributed by atoms with van der Waals surface area (Å²) in [7, 11) is 0. The van der Waals surface area contributed by atoms with E-state index >= 15 is 0 Å². The van der Waals surface area contributed by atoms with Gasteiger partial charge in [0.25, 0.3) is 0 Å². The van der Waals surface area contributed by atoms with Crippen molar-refractivity contribution in [2.45, 2.75) is 49.6 Å². The summed E-state index contributed by atoms with van der Waals surface area (Å²) >= 11 is 0. The predicted molar refractivity (Wildman–Crippen MR) is 92.3 cm³/mol. The first kappa shape index (κ1) is 18.5. The lowest BCUT2D eigenvalue weighted by Crippen LogP contribution is -2.66. The molecule has 0 radical (unpaired) electrons. The summed E-state index contributed by atoms with van der Waals surface area (Å²) < 4.78 is 28.2. The zero-order valence-electron chi connectivity index (χ0n) is 14.8. The van der Waals surface area contributed by atoms with Crippen LogP contribution in [0.4, 0.5) is 8.78 Å². The van der Waals surface area contributed by atoms with Crippen LogP contribution in [-0.4, -0.2) is 91.8 Å². The molecule has 0 aliphatic carbocycles. The summed E-state index contributed by atoms with van der Waals surface area (Å²) in [5, 5.41) is 10.8. The molecule has 6 N–H and O–H groups in total. The number of nitrogens with two attached hydrogens (primary N) is 1. The Hall–Kier alpha value is -0.910. The van der Waals surface area contributed by atoms with Gasteiger partial charge in [0.1, 0.15) is 12.3 Å². The van der Waals surface area contributed by atoms with E-state index in [0.29, 0.717) is 13.1 Å². The van der Waals surface area contributed by atoms with E-state index in [1.807, 2.05) is 0 Å². The molecule has 10 heteroatoms. The van der Waals surface area contributed by atoms with E-state index in [2.05, 4.69) is 26.3 Å². The first-order chi connectivity index (χ1) is 12.5. The van der Waals surface area contributed by atoms with Crippen LogP contribution in [0, 0.1) is 5.92 Å². The lowest BCUT2D eigenvalue weighted by atomic mass is 9.95. The van der Waals surface area contributed by atoms with Gasteiger partial charge in [0.15, 0.2) is 0 Å². The second-order valence-corrected chi connectivity index (χ2v) is 7.81. The Bertz CT molecular complexity index is 521. The Morgan fingerprint density at radius 2 is 1.92 bits per heavy atom. The van der Waals surface area contributed by atoms with Crippen molar-refractivity contribution in [2.75, 3.05) is 39.3 Å². The number of hydrogen-bond acceptors (Lipinski definition) is 7. The summed E-state index contributed by atoms with van der Waals surface area (Å²) in [6.07, 6.45) is -0.817. The van der Waals surface area contributed by atoms with E-state index in [1.165, 1.54) is 0 Å². The van der Waals surface area contributed by atoms with Gasteiger partial charge in [-0.3, -0.25) is 15.0 Å². The van der Waals surface area contributed by atoms with Crippen LogP contribution in [0.25, 0.3) is 0 Å². The number of nitrogens with zero attached hydrogens (tertiary/aromatic N) is 2. The maximum absolute atomic E-state index is 14.6. The molecule has 148 valence electrons. The fourth-order valence-corrected chi connectivity index (χ4v) is 4.79. The molecule has 4 aliphatic rings. The molecular weight excluding hydrogens is 344 g/mol. The van der Waals surface area contributed by atoms with Gasteiger partial charge in [0.2, 0.25) is 5.91 Å². The molecule has 0 saturated carbocycles. The fraction of sp³-hybridized carbons (Fsp3) is 0.938. The van der Waals surface area contributed by atoms with E-state index in [-0.39, 0.29) is 37.2 Å². The molecule has 4 fully saturated rings. The van der Waals surface area contributed by atoms with E-state index < -0.39 is 24.4 Å². The molecule has 26 heavy (non-hydrogen) atoms. The van der Waals surface area contributed by atoms with Crippen molar-refractivity contribution in [1.29, 1.82) is 0 Å². The lowest BCUT2D eigenvalue weighted by Gasteiger charge is -2.41. The van der Waals surface area contributed by atoms with Crippen LogP contribution in [0.5, 0.6) is 0 Å². The van der Waals surface area contributed by atoms with Crippen LogP contribution in [0.3, 0.4) is 0 Å². The van der Waals surface area contributed by atoms with Gasteiger partial charge in [-0.05, 0) is 25.9 Å². The van der Waals surface area contributed by atoms with Gasteiger partial charge >= 0.3 is 0 Å². The molecule has 8 nitrogen and oxygen atoms in total. The molecule has 4 saturated heterocycles. The minimum Gasteiger partial charge on any atom is -0.350 e. The average Bonchev–Trinajstić information content (AvgIpc) is 3.21. The summed E-state index contributed by atoms with van der Waals surface area (Å²) in [5.41, 5.74) is 9.08. The fourth-order valence-electron chi connectivity index (χ4n) is 4.79. The van der Waals surface area contributed by atoms with Crippen LogP contribution in [0.15, 0.2) is 0 Å². The number of likely N-dealkylation sites (tertiary alicyclic amines) is 1. The van der Waals surface area contributed by atoms with Crippen molar-refractivity contribution < 1.29 is 13.6 Å². The third-order valence-electron chi connectivity index (χ3n) is 6.00. The quantitative estimate of drug-likeness (QED) is 0.385. The van der Waals surface area contributed by atoms with Crippen molar-refractivity contribution in [3.8, 4) is 0 Å². The number of hydrogen-bond donors (Lipinski definition) is 5. The number of halogens is 2. The molecule has 0 aromatic rings. The molecule has 4 heterocycles. The highest BCUT2D eigenvalue weighted by molar-refractivity contribution is 5.81. The zero-order chi connectivity index (χ0) is 18.3. The van der Waals surface area contributed by atoms with Gasteiger partial charge in [0.05, 0.1) is 30.3 Å². The lowest BCUT2D eigenvalue weighted by molar-refractivity contribution is -0.128. The largest absolute Gasteiger partial charge is 0.350 e. The third kappa shape index (κ3) is 3.46. The molecule has 0 aromatic heterocycles. The molecule has 7 unspecified atom stereocenters. The third-order valence-corrected chi connectivity index (χ3v) is 6.00. The van der Waals surface area contributed by atoms with Crippen LogP contribution in [0.1, 0.15) is 12.8 Å². The van der Waals surface area contributed by atoms with Crippen molar-refractivity contribution in [3.63, 3.8) is 0 Å². The maximum atomic E-state index is 14.6. The molecule has 0 aromatic carbocycles. The van der Waals surface area contributed by atoms with Crippen LogP contribution in [0.2, 0.25) is 0 Å². The van der Waals surface area contributed by atoms with Gasteiger partial charge < -0.3 is 16.4 Å². The van der Waals surface area contributed by atoms with Crippen molar-refractivity contribution >= 4 is 5.91 Å². The second kappa shape index (κ2) is 7.61. The number of carbonyl (C=O) groups excluding carboxylic acids is 1. The SMILES string of the molecule is NC1NN2CC(F)CNC2C1C(=O)NC1CNCC(F)C1N1CCCC1. The van der Waals surface area contributed by atoms with Gasteiger partial charge in [-0.15, -0.1) is 0 Å². The number of nitrogens with one attached hydrogen (secondary N) is 4. The highest BCUT2D eigenvalue weighted by Gasteiger charge is 2.48. The summed E-state index contributed by atoms with van der Waals surface area (Å²) in [6.45, 7) is 3.00. The Balaban J connectivity index is 1.44. The number of piperidine rings is 1. The molecule has 0 spiro atoms. The maximum Gasteiger partial charge on any atom is 0.229 e. The highest BCUT2D eigenvalue weighted by atomic mass is 19.1. The second-order valence-electron chi connectivity index (χ2n) is 7.81. The van der Waals surface area contributed by atoms with E-state index in [0.717, 1.165) is 25.9 Å². The first-order valence-electron chi connectivity index (χ1n) is 9.59. The normalized spacial score (nSPS) is 44.8. The van der Waals surface area contributed by atoms with Crippen molar-refractivity contribution in [3.05, 3.63) is 0 Å². The Morgan fingerprint density at radius 3 is 2.69 bits per heavy atom. The summed E-state index contributed by atoms with van der Waals surface area (Å²) in [5.74, 6) is -0.769. The number of carbonyl (C=O) groups is 1. The molecule has 7 atom stereocenters. The Labute approximate surface area is 152 Å². The van der Waals surface area contributed by atoms with Crippen LogP contribution in [-0.2, 0) is 4.79 Å². The molecule has 4 rings (SSSR count). The number of rotatable bonds is 3. The minimum atomic E-state index is -1.01. The van der Waals surface area contributed by atoms with Crippen molar-refractivity contribution in [1.82, 2.24) is 31.3 Å². The summed E-state index contributed by atoms with van der Waals surface area (Å²) in [6, 6.07) is -0.609. The number of hydrazine groups is 1. The van der Waals surface area contributed by atoms with E-state index in [1.54, 1.807) is 5.01 Å². The number of amides is 1. The van der Waals surface area contributed by atoms with E-state index in [9.17, 15) is 13.6 Å². The average molecular weight is 373 g/mol. The standard InChI is InChI=1S/C16H29F2N7O/c17-9-5-21-15-12(14(19)23-25(15)8-9)16(26)22-11-7-20-6-10(18)13(11)24-3-1-2-4-24/h9-15,20-21,23H,1-8,19H2,(H,22,26). The van der Waals surface area contributed by atoms with Gasteiger partial charge in [-0.1, -0.05) is 0 Å². The zero-order valence-corrected chi connectivity index (χ0v) is 14.8. The van der Waals surface area contributed by atoms with Crippen LogP contribution < -0.4 is 27.1 Å². The Kier molecular flexibility index (Phi) is 5.40. The predicted octanol–water partition coefficient (Wildman–Crippen LogP) is -2.13. The highest BCUT2D eigenvalue weighted by Crippen LogP contribution is 2.24. The molecule has 1 amide bonds. The monoisotopic (exact) mass is 373 g/mol. The van der Waals surface area contributed by atoms with Gasteiger partial charge in [-0.25, -0.2) is 19.2 Å². The Morgan fingerprint density at radius 1 is 1.15 bits per heavy atom. The van der Waals surface area contributed by atoms with E-state index in [4.69, 9.17) is 5.73 Å². The number of alkyl halides is 2. The van der Waals surface area contributed by atoms with Gasteiger partial charge in [0, 0.05) is 26.2 Å². The number of fused-ring (bicyclic) bond motifs is 1. The smallest absolute Gasteiger partial charge is 0.229 e. The van der Waals surface area contributed by atoms with Crippen LogP contribution >= 0.6 is 0 Å². The topological polar surface area (TPSA) is 97.7 Å². The molecule has 4 aliphatic heterocycles. The molecule has 0 bridgehead atoms. The molecular formula is C16H29F2N7O. The first-order valence-corrected chi connectivity index (χ1v) is 9.59. The minimum absolute atomic E-state index is 0.198. The summed E-state index contributed by atoms with van der Waals surface area (Å²) in [4.78, 5) is 15.1.